The van der Waals surface area contributed by atoms with Crippen LogP contribution in [-0.2, 0) is 4.74 Å². The summed E-state index contributed by atoms with van der Waals surface area (Å²) in [5, 5.41) is 2.47. The number of fused-ring (bicyclic) bond motifs is 3. The van der Waals surface area contributed by atoms with Crippen LogP contribution in [0, 0.1) is 0 Å². The van der Waals surface area contributed by atoms with Gasteiger partial charge in [-0.3, -0.25) is 4.79 Å². The number of ether oxygens (including phenoxy) is 1. The molecule has 2 heterocycles. The summed E-state index contributed by atoms with van der Waals surface area (Å²) in [6, 6.07) is 24.9. The number of nitrogens with zero attached hydrogens (tertiary/aromatic N) is 2. The number of benzene rings is 3. The van der Waals surface area contributed by atoms with Gasteiger partial charge in [0.25, 0.3) is 5.91 Å². The molecule has 3 aromatic carbocycles. The van der Waals surface area contributed by atoms with Gasteiger partial charge in [-0.25, -0.2) is 0 Å². The molecule has 1 saturated heterocycles. The van der Waals surface area contributed by atoms with E-state index in [1.54, 1.807) is 0 Å². The highest BCUT2D eigenvalue weighted by Gasteiger charge is 2.26. The molecule has 0 aliphatic carbocycles. The third-order valence-electron chi connectivity index (χ3n) is 5.66. The van der Waals surface area contributed by atoms with E-state index in [9.17, 15) is 4.79 Å². The van der Waals surface area contributed by atoms with E-state index in [0.717, 1.165) is 11.3 Å². The highest BCUT2D eigenvalue weighted by molar-refractivity contribution is 6.11. The Labute approximate surface area is 171 Å². The molecule has 0 spiro atoms. The fraction of sp³-hybridized carbons (Fsp3) is 0.208. The van der Waals surface area contributed by atoms with Gasteiger partial charge in [-0.05, 0) is 43.3 Å². The lowest BCUT2D eigenvalue weighted by Crippen LogP contribution is -2.49. The molecule has 4 nitrogen and oxygen atoms in total. The Hall–Kier alpha value is -3.05. The number of hydrogen-bond donors (Lipinski definition) is 0. The molecule has 0 N–H and O–H groups in total. The van der Waals surface area contributed by atoms with E-state index in [4.69, 9.17) is 4.74 Å². The monoisotopic (exact) mass is 382 g/mol. The van der Waals surface area contributed by atoms with Crippen LogP contribution in [-0.4, -0.2) is 48.4 Å². The van der Waals surface area contributed by atoms with E-state index in [0.29, 0.717) is 13.1 Å². The molecular weight excluding hydrogens is 359 g/mol. The van der Waals surface area contributed by atoms with Crippen molar-refractivity contribution in [1.82, 2.24) is 9.47 Å². The first-order chi connectivity index (χ1) is 14.1. The standard InChI is InChI=1S/C24H23BN2O2/c1-16-14-26(15-23(25)29-16)24(28)17-10-12-18(13-11-17)27-21-8-4-2-6-19(21)20-7-3-5-9-22(20)27/h2-13,16,23H,14-15,25H2,1H3. The fourth-order valence-electron chi connectivity index (χ4n) is 4.48. The molecule has 4 aromatic rings. The number of para-hydroxylation sites is 2. The number of carbonyl (C=O) groups is 1. The van der Waals surface area contributed by atoms with Crippen LogP contribution in [0.4, 0.5) is 0 Å². The van der Waals surface area contributed by atoms with Crippen LogP contribution < -0.4 is 0 Å². The van der Waals surface area contributed by atoms with E-state index in [1.165, 1.54) is 21.8 Å². The molecule has 1 aliphatic rings. The van der Waals surface area contributed by atoms with Gasteiger partial charge in [0.15, 0.2) is 0 Å². The second kappa shape index (κ2) is 7.09. The Bertz CT molecular complexity index is 1140. The van der Waals surface area contributed by atoms with E-state index in [-0.39, 0.29) is 18.0 Å². The zero-order valence-corrected chi connectivity index (χ0v) is 16.7. The van der Waals surface area contributed by atoms with Crippen molar-refractivity contribution < 1.29 is 9.53 Å². The van der Waals surface area contributed by atoms with Crippen molar-refractivity contribution in [2.45, 2.75) is 19.0 Å². The molecule has 5 rings (SSSR count). The molecule has 5 heteroatoms. The minimum absolute atomic E-state index is 0.0691. The van der Waals surface area contributed by atoms with Crippen LogP contribution >= 0.6 is 0 Å². The van der Waals surface area contributed by atoms with E-state index < -0.39 is 0 Å². The zero-order valence-electron chi connectivity index (χ0n) is 16.7. The molecule has 0 radical (unpaired) electrons. The Morgan fingerprint density at radius 2 is 1.48 bits per heavy atom. The summed E-state index contributed by atoms with van der Waals surface area (Å²) in [4.78, 5) is 14.9. The van der Waals surface area contributed by atoms with Gasteiger partial charge in [-0.1, -0.05) is 36.4 Å². The predicted molar refractivity (Wildman–Crippen MR) is 120 cm³/mol. The molecule has 1 amide bonds. The maximum atomic E-state index is 13.0. The van der Waals surface area contributed by atoms with Gasteiger partial charge in [0.05, 0.1) is 17.1 Å². The molecule has 0 bridgehead atoms. The van der Waals surface area contributed by atoms with Crippen molar-refractivity contribution in [2.75, 3.05) is 13.1 Å². The van der Waals surface area contributed by atoms with Crippen LogP contribution in [0.25, 0.3) is 27.5 Å². The van der Waals surface area contributed by atoms with Crippen molar-refractivity contribution in [1.29, 1.82) is 0 Å². The predicted octanol–water partition coefficient (Wildman–Crippen LogP) is 3.60. The van der Waals surface area contributed by atoms with E-state index in [2.05, 4.69) is 53.1 Å². The van der Waals surface area contributed by atoms with Crippen LogP contribution in [0.5, 0.6) is 0 Å². The Kier molecular flexibility index (Phi) is 4.40. The first-order valence-corrected chi connectivity index (χ1v) is 10.1. The van der Waals surface area contributed by atoms with E-state index >= 15 is 0 Å². The molecule has 144 valence electrons. The van der Waals surface area contributed by atoms with E-state index in [1.807, 2.05) is 43.9 Å². The second-order valence-electron chi connectivity index (χ2n) is 7.88. The fourth-order valence-corrected chi connectivity index (χ4v) is 4.48. The molecule has 2 atom stereocenters. The molecule has 1 aliphatic heterocycles. The zero-order chi connectivity index (χ0) is 20.0. The molecular formula is C24H23BN2O2. The lowest BCUT2D eigenvalue weighted by Gasteiger charge is -2.35. The number of carbonyl (C=O) groups excluding carboxylic acids is 1. The number of morpholine rings is 1. The molecule has 2 unspecified atom stereocenters. The minimum atomic E-state index is 0.0691. The number of hydrogen-bond acceptors (Lipinski definition) is 2. The Morgan fingerprint density at radius 3 is 2.07 bits per heavy atom. The Balaban J connectivity index is 1.53. The van der Waals surface area contributed by atoms with Crippen molar-refractivity contribution in [2.24, 2.45) is 0 Å². The summed E-state index contributed by atoms with van der Waals surface area (Å²) < 4.78 is 8.02. The first kappa shape index (κ1) is 18.0. The third kappa shape index (κ3) is 3.12. The quantitative estimate of drug-likeness (QED) is 0.497. The van der Waals surface area contributed by atoms with Crippen molar-refractivity contribution in [3.63, 3.8) is 0 Å². The van der Waals surface area contributed by atoms with Gasteiger partial charge in [0, 0.05) is 41.1 Å². The lowest BCUT2D eigenvalue weighted by molar-refractivity contribution is -0.0319. The Morgan fingerprint density at radius 1 is 0.897 bits per heavy atom. The summed E-state index contributed by atoms with van der Waals surface area (Å²) in [5.74, 6) is 0.0702. The third-order valence-corrected chi connectivity index (χ3v) is 5.66. The first-order valence-electron chi connectivity index (χ1n) is 10.1. The molecule has 1 aromatic heterocycles. The average Bonchev–Trinajstić information content (AvgIpc) is 3.07. The smallest absolute Gasteiger partial charge is 0.254 e. The van der Waals surface area contributed by atoms with Crippen molar-refractivity contribution >= 4 is 35.6 Å². The van der Waals surface area contributed by atoms with Gasteiger partial charge < -0.3 is 14.2 Å². The van der Waals surface area contributed by atoms with Crippen LogP contribution in [0.2, 0.25) is 0 Å². The van der Waals surface area contributed by atoms with Gasteiger partial charge in [0.2, 0.25) is 0 Å². The van der Waals surface area contributed by atoms with Crippen LogP contribution in [0.15, 0.2) is 72.8 Å². The average molecular weight is 382 g/mol. The second-order valence-corrected chi connectivity index (χ2v) is 7.88. The maximum absolute atomic E-state index is 13.0. The summed E-state index contributed by atoms with van der Waals surface area (Å²) in [5.41, 5.74) is 4.12. The van der Waals surface area contributed by atoms with Gasteiger partial charge >= 0.3 is 0 Å². The number of aromatic nitrogens is 1. The largest absolute Gasteiger partial charge is 0.381 e. The molecule has 1 fully saturated rings. The van der Waals surface area contributed by atoms with Crippen LogP contribution in [0.3, 0.4) is 0 Å². The summed E-state index contributed by atoms with van der Waals surface area (Å²) in [7, 11) is 2.02. The molecule has 29 heavy (non-hydrogen) atoms. The number of amides is 1. The lowest BCUT2D eigenvalue weighted by atomic mass is 9.97. The molecule has 0 saturated carbocycles. The SMILES string of the molecule is BC1CN(C(=O)c2ccc(-n3c4ccccc4c4ccccc43)cc2)CC(C)O1. The highest BCUT2D eigenvalue weighted by Crippen LogP contribution is 2.31. The van der Waals surface area contributed by atoms with Gasteiger partial charge in [0.1, 0.15) is 7.85 Å². The summed E-state index contributed by atoms with van der Waals surface area (Å²) in [6.45, 7) is 3.29. The summed E-state index contributed by atoms with van der Waals surface area (Å²) in [6.07, 6.45) is 0.0691. The van der Waals surface area contributed by atoms with Crippen molar-refractivity contribution in [3.05, 3.63) is 78.4 Å². The van der Waals surface area contributed by atoms with Crippen molar-refractivity contribution in [3.8, 4) is 5.69 Å². The summed E-state index contributed by atoms with van der Waals surface area (Å²) >= 11 is 0. The topological polar surface area (TPSA) is 34.5 Å². The minimum Gasteiger partial charge on any atom is -0.381 e. The highest BCUT2D eigenvalue weighted by atomic mass is 16.5. The van der Waals surface area contributed by atoms with Gasteiger partial charge in [-0.15, -0.1) is 0 Å². The van der Waals surface area contributed by atoms with Gasteiger partial charge in [-0.2, -0.15) is 0 Å². The maximum Gasteiger partial charge on any atom is 0.254 e. The number of rotatable bonds is 2. The normalized spacial score (nSPS) is 19.7. The van der Waals surface area contributed by atoms with Crippen LogP contribution in [0.1, 0.15) is 17.3 Å².